The number of hydrogen-bond donors (Lipinski definition) is 1. The summed E-state index contributed by atoms with van der Waals surface area (Å²) < 4.78 is 39.0. The van der Waals surface area contributed by atoms with Gasteiger partial charge in [0.2, 0.25) is 5.91 Å². The van der Waals surface area contributed by atoms with Crippen molar-refractivity contribution in [3.8, 4) is 0 Å². The van der Waals surface area contributed by atoms with Crippen molar-refractivity contribution in [3.05, 3.63) is 35.4 Å². The molecule has 1 aliphatic heterocycles. The van der Waals surface area contributed by atoms with Crippen LogP contribution < -0.4 is 5.73 Å². The van der Waals surface area contributed by atoms with E-state index in [0.29, 0.717) is 19.4 Å². The minimum absolute atomic E-state index is 0.161. The normalized spacial score (nSPS) is 19.8. The fourth-order valence-electron chi connectivity index (χ4n) is 2.55. The zero-order valence-electron chi connectivity index (χ0n) is 10.3. The highest BCUT2D eigenvalue weighted by molar-refractivity contribution is 5.78. The second-order valence-corrected chi connectivity index (χ2v) is 4.53. The fourth-order valence-corrected chi connectivity index (χ4v) is 2.55. The van der Waals surface area contributed by atoms with Crippen LogP contribution >= 0.6 is 0 Å². The number of nitrogens with zero attached hydrogens (tertiary/aromatic N) is 1. The number of nitrogens with two attached hydrogens (primary N) is 1. The third kappa shape index (κ3) is 2.73. The summed E-state index contributed by atoms with van der Waals surface area (Å²) in [6.45, 7) is 0.289. The fraction of sp³-hybridized carbons (Fsp3) is 0.462. The number of alkyl halides is 3. The molecule has 0 aliphatic carbocycles. The Labute approximate surface area is 109 Å². The monoisotopic (exact) mass is 272 g/mol. The predicted molar refractivity (Wildman–Crippen MR) is 64.2 cm³/mol. The molecule has 2 rings (SSSR count). The number of halogens is 3. The SMILES string of the molecule is NCC(=O)N1CCCC1c1ccccc1C(F)(F)F. The van der Waals surface area contributed by atoms with Gasteiger partial charge in [-0.05, 0) is 24.5 Å². The van der Waals surface area contributed by atoms with Crippen molar-refractivity contribution in [1.29, 1.82) is 0 Å². The maximum atomic E-state index is 13.0. The predicted octanol–water partition coefficient (Wildman–Crippen LogP) is 2.33. The van der Waals surface area contributed by atoms with Gasteiger partial charge in [-0.25, -0.2) is 0 Å². The first kappa shape index (κ1) is 13.9. The summed E-state index contributed by atoms with van der Waals surface area (Å²) in [4.78, 5) is 13.1. The van der Waals surface area contributed by atoms with E-state index in [-0.39, 0.29) is 18.0 Å². The standard InChI is InChI=1S/C13H15F3N2O/c14-13(15,16)10-5-2-1-4-9(10)11-6-3-7-18(11)12(19)8-17/h1-2,4-5,11H,3,6-8,17H2. The van der Waals surface area contributed by atoms with Gasteiger partial charge in [-0.15, -0.1) is 0 Å². The molecule has 1 aromatic rings. The molecule has 0 aromatic heterocycles. The molecule has 0 spiro atoms. The van der Waals surface area contributed by atoms with Crippen LogP contribution in [0.1, 0.15) is 30.0 Å². The molecule has 0 saturated carbocycles. The van der Waals surface area contributed by atoms with Gasteiger partial charge < -0.3 is 10.6 Å². The molecule has 6 heteroatoms. The first-order valence-corrected chi connectivity index (χ1v) is 6.11. The zero-order valence-corrected chi connectivity index (χ0v) is 10.3. The lowest BCUT2D eigenvalue weighted by atomic mass is 9.98. The van der Waals surface area contributed by atoms with Crippen LogP contribution in [-0.4, -0.2) is 23.9 Å². The Balaban J connectivity index is 2.39. The lowest BCUT2D eigenvalue weighted by molar-refractivity contribution is -0.140. The number of hydrogen-bond acceptors (Lipinski definition) is 2. The van der Waals surface area contributed by atoms with E-state index in [1.165, 1.54) is 17.0 Å². The first-order chi connectivity index (χ1) is 8.95. The Hall–Kier alpha value is -1.56. The highest BCUT2D eigenvalue weighted by atomic mass is 19.4. The van der Waals surface area contributed by atoms with Gasteiger partial charge in [-0.1, -0.05) is 18.2 Å². The van der Waals surface area contributed by atoms with Crippen LogP contribution in [0.2, 0.25) is 0 Å². The number of amides is 1. The molecule has 19 heavy (non-hydrogen) atoms. The summed E-state index contributed by atoms with van der Waals surface area (Å²) >= 11 is 0. The van der Waals surface area contributed by atoms with Gasteiger partial charge in [-0.2, -0.15) is 13.2 Å². The van der Waals surface area contributed by atoms with Crippen LogP contribution in [0.4, 0.5) is 13.2 Å². The van der Waals surface area contributed by atoms with Crippen molar-refractivity contribution in [3.63, 3.8) is 0 Å². The van der Waals surface area contributed by atoms with Crippen LogP contribution in [0.3, 0.4) is 0 Å². The molecule has 1 heterocycles. The summed E-state index contributed by atoms with van der Waals surface area (Å²) in [6, 6.07) is 4.90. The zero-order chi connectivity index (χ0) is 14.0. The Morgan fingerprint density at radius 2 is 2.05 bits per heavy atom. The van der Waals surface area contributed by atoms with Gasteiger partial charge in [0.1, 0.15) is 0 Å². The van der Waals surface area contributed by atoms with E-state index < -0.39 is 17.8 Å². The van der Waals surface area contributed by atoms with E-state index in [9.17, 15) is 18.0 Å². The Bertz CT molecular complexity index is 473. The van der Waals surface area contributed by atoms with Crippen LogP contribution in [0.25, 0.3) is 0 Å². The smallest absolute Gasteiger partial charge is 0.335 e. The number of likely N-dealkylation sites (tertiary alicyclic amines) is 1. The van der Waals surface area contributed by atoms with Crippen LogP contribution in [-0.2, 0) is 11.0 Å². The third-order valence-electron chi connectivity index (χ3n) is 3.37. The Morgan fingerprint density at radius 1 is 1.37 bits per heavy atom. The molecule has 1 atom stereocenters. The summed E-state index contributed by atoms with van der Waals surface area (Å²) in [5, 5.41) is 0. The topological polar surface area (TPSA) is 46.3 Å². The van der Waals surface area contributed by atoms with E-state index in [4.69, 9.17) is 5.73 Å². The van der Waals surface area contributed by atoms with Gasteiger partial charge >= 0.3 is 6.18 Å². The summed E-state index contributed by atoms with van der Waals surface area (Å²) in [7, 11) is 0. The minimum Gasteiger partial charge on any atom is -0.335 e. The average molecular weight is 272 g/mol. The molecule has 1 aliphatic rings. The van der Waals surface area contributed by atoms with Gasteiger partial charge in [0.15, 0.2) is 0 Å². The van der Waals surface area contributed by atoms with E-state index >= 15 is 0 Å². The maximum Gasteiger partial charge on any atom is 0.416 e. The number of carbonyl (C=O) groups excluding carboxylic acids is 1. The molecule has 1 saturated heterocycles. The van der Waals surface area contributed by atoms with Crippen molar-refractivity contribution in [2.24, 2.45) is 5.73 Å². The van der Waals surface area contributed by atoms with Gasteiger partial charge in [0.25, 0.3) is 0 Å². The summed E-state index contributed by atoms with van der Waals surface area (Å²) in [6.07, 6.45) is -3.17. The second-order valence-electron chi connectivity index (χ2n) is 4.53. The van der Waals surface area contributed by atoms with E-state index in [1.807, 2.05) is 0 Å². The molecule has 1 unspecified atom stereocenters. The van der Waals surface area contributed by atoms with E-state index in [2.05, 4.69) is 0 Å². The van der Waals surface area contributed by atoms with Crippen LogP contribution in [0, 0.1) is 0 Å². The van der Waals surface area contributed by atoms with Gasteiger partial charge in [0, 0.05) is 6.54 Å². The average Bonchev–Trinajstić information content (AvgIpc) is 2.86. The Kier molecular flexibility index (Phi) is 3.80. The molecule has 1 fully saturated rings. The molecule has 0 bridgehead atoms. The molecule has 2 N–H and O–H groups in total. The molecule has 1 amide bonds. The number of rotatable bonds is 2. The molecular weight excluding hydrogens is 257 g/mol. The minimum atomic E-state index is -4.41. The third-order valence-corrected chi connectivity index (χ3v) is 3.37. The van der Waals surface area contributed by atoms with Gasteiger partial charge in [0.05, 0.1) is 18.2 Å². The second kappa shape index (κ2) is 5.21. The quantitative estimate of drug-likeness (QED) is 0.898. The highest BCUT2D eigenvalue weighted by Crippen LogP contribution is 2.40. The first-order valence-electron chi connectivity index (χ1n) is 6.11. The molecule has 3 nitrogen and oxygen atoms in total. The maximum absolute atomic E-state index is 13.0. The summed E-state index contributed by atoms with van der Waals surface area (Å²) in [5.41, 5.74) is 4.79. The molecule has 104 valence electrons. The van der Waals surface area contributed by atoms with Crippen LogP contribution in [0.5, 0.6) is 0 Å². The van der Waals surface area contributed by atoms with Gasteiger partial charge in [-0.3, -0.25) is 4.79 Å². The van der Waals surface area contributed by atoms with Crippen molar-refractivity contribution < 1.29 is 18.0 Å². The summed E-state index contributed by atoms with van der Waals surface area (Å²) in [5.74, 6) is -0.306. The number of carbonyl (C=O) groups is 1. The van der Waals surface area contributed by atoms with Crippen molar-refractivity contribution in [2.45, 2.75) is 25.1 Å². The van der Waals surface area contributed by atoms with Crippen molar-refractivity contribution in [1.82, 2.24) is 4.90 Å². The number of benzene rings is 1. The lowest BCUT2D eigenvalue weighted by Gasteiger charge is -2.27. The van der Waals surface area contributed by atoms with E-state index in [1.54, 1.807) is 6.07 Å². The molecule has 1 aromatic carbocycles. The lowest BCUT2D eigenvalue weighted by Crippen LogP contribution is -2.36. The van der Waals surface area contributed by atoms with E-state index in [0.717, 1.165) is 6.07 Å². The highest BCUT2D eigenvalue weighted by Gasteiger charge is 2.38. The Morgan fingerprint density at radius 3 is 2.68 bits per heavy atom. The largest absolute Gasteiger partial charge is 0.416 e. The van der Waals surface area contributed by atoms with Crippen molar-refractivity contribution in [2.75, 3.05) is 13.1 Å². The van der Waals surface area contributed by atoms with Crippen LogP contribution in [0.15, 0.2) is 24.3 Å². The molecular formula is C13H15F3N2O. The molecule has 0 radical (unpaired) electrons. The van der Waals surface area contributed by atoms with Crippen molar-refractivity contribution >= 4 is 5.91 Å².